The number of rotatable bonds is 5. The highest BCUT2D eigenvalue weighted by molar-refractivity contribution is 5.75. The summed E-state index contributed by atoms with van der Waals surface area (Å²) in [6.45, 7) is 3.84. The lowest BCUT2D eigenvalue weighted by molar-refractivity contribution is 0.189. The van der Waals surface area contributed by atoms with Crippen molar-refractivity contribution in [2.45, 2.75) is 38.9 Å². The molecule has 0 bridgehead atoms. The van der Waals surface area contributed by atoms with E-state index in [0.717, 1.165) is 35.5 Å². The number of urea groups is 1. The van der Waals surface area contributed by atoms with Crippen LogP contribution >= 0.6 is 0 Å². The molecule has 2 heterocycles. The van der Waals surface area contributed by atoms with E-state index in [-0.39, 0.29) is 17.9 Å². The summed E-state index contributed by atoms with van der Waals surface area (Å²) in [6.07, 6.45) is 3.68. The Balaban J connectivity index is 1.50. The molecular formula is C23H25FN4O. The fourth-order valence-electron chi connectivity index (χ4n) is 3.88. The highest BCUT2D eigenvalue weighted by Gasteiger charge is 2.33. The number of carbonyl (C=O) groups excluding carboxylic acids is 1. The molecule has 1 aromatic heterocycles. The minimum Gasteiger partial charge on any atom is -0.334 e. The Morgan fingerprint density at radius 1 is 1.14 bits per heavy atom. The molecule has 1 atom stereocenters. The maximum atomic E-state index is 13.2. The number of amides is 2. The number of nitrogens with zero attached hydrogens (tertiary/aromatic N) is 3. The van der Waals surface area contributed by atoms with Gasteiger partial charge in [-0.05, 0) is 43.0 Å². The first kappa shape index (κ1) is 19.2. The molecule has 6 heteroatoms. The van der Waals surface area contributed by atoms with Gasteiger partial charge >= 0.3 is 6.03 Å². The van der Waals surface area contributed by atoms with Gasteiger partial charge in [-0.1, -0.05) is 42.5 Å². The van der Waals surface area contributed by atoms with E-state index >= 15 is 0 Å². The predicted molar refractivity (Wildman–Crippen MR) is 110 cm³/mol. The lowest BCUT2D eigenvalue weighted by Gasteiger charge is -2.25. The first-order chi connectivity index (χ1) is 14.1. The first-order valence-electron chi connectivity index (χ1n) is 9.96. The van der Waals surface area contributed by atoms with E-state index in [1.807, 2.05) is 48.4 Å². The molecule has 0 aliphatic carbocycles. The van der Waals surface area contributed by atoms with E-state index in [4.69, 9.17) is 0 Å². The Bertz CT molecular complexity index is 968. The highest BCUT2D eigenvalue weighted by atomic mass is 19.1. The molecule has 4 rings (SSSR count). The van der Waals surface area contributed by atoms with Crippen LogP contribution in [-0.2, 0) is 13.1 Å². The average molecular weight is 392 g/mol. The van der Waals surface area contributed by atoms with Gasteiger partial charge in [0.1, 0.15) is 11.6 Å². The summed E-state index contributed by atoms with van der Waals surface area (Å²) in [6, 6.07) is 16.3. The normalized spacial score (nSPS) is 16.2. The number of benzene rings is 2. The van der Waals surface area contributed by atoms with Gasteiger partial charge in [0.2, 0.25) is 0 Å². The van der Waals surface area contributed by atoms with E-state index in [1.54, 1.807) is 12.1 Å². The predicted octanol–water partition coefficient (Wildman–Crippen LogP) is 4.43. The molecule has 2 aromatic carbocycles. The molecule has 1 aliphatic rings. The summed E-state index contributed by atoms with van der Waals surface area (Å²) in [5, 5.41) is 3.03. The molecule has 5 nitrogen and oxygen atoms in total. The van der Waals surface area contributed by atoms with Crippen LogP contribution in [0.3, 0.4) is 0 Å². The number of imidazole rings is 1. The number of aromatic nitrogens is 2. The Morgan fingerprint density at radius 2 is 1.90 bits per heavy atom. The van der Waals surface area contributed by atoms with E-state index in [0.29, 0.717) is 19.6 Å². The van der Waals surface area contributed by atoms with Crippen molar-refractivity contribution in [3.63, 3.8) is 0 Å². The quantitative estimate of drug-likeness (QED) is 0.699. The Morgan fingerprint density at radius 3 is 2.66 bits per heavy atom. The van der Waals surface area contributed by atoms with Crippen molar-refractivity contribution in [3.05, 3.63) is 89.3 Å². The largest absolute Gasteiger partial charge is 0.334 e. The van der Waals surface area contributed by atoms with Crippen LogP contribution < -0.4 is 5.32 Å². The number of likely N-dealkylation sites (tertiary alicyclic amines) is 1. The molecule has 0 radical (unpaired) electrons. The van der Waals surface area contributed by atoms with Crippen molar-refractivity contribution in [2.75, 3.05) is 6.54 Å². The van der Waals surface area contributed by atoms with Crippen molar-refractivity contribution in [3.8, 4) is 0 Å². The second-order valence-corrected chi connectivity index (χ2v) is 7.47. The summed E-state index contributed by atoms with van der Waals surface area (Å²) < 4.78 is 15.4. The Labute approximate surface area is 170 Å². The fraction of sp³-hybridized carbons (Fsp3) is 0.304. The molecule has 1 unspecified atom stereocenters. The molecule has 1 aliphatic heterocycles. The molecule has 0 spiro atoms. The summed E-state index contributed by atoms with van der Waals surface area (Å²) in [7, 11) is 0. The van der Waals surface area contributed by atoms with E-state index in [1.165, 1.54) is 12.1 Å². The smallest absolute Gasteiger partial charge is 0.318 e. The number of carbonyl (C=O) groups is 1. The zero-order chi connectivity index (χ0) is 20.2. The third-order valence-corrected chi connectivity index (χ3v) is 5.44. The van der Waals surface area contributed by atoms with E-state index in [9.17, 15) is 9.18 Å². The SMILES string of the molecule is Cc1cnc(C2CCCN2C(=O)NCc2ccccc2)n1Cc1ccc(F)cc1. The minimum atomic E-state index is -0.242. The Kier molecular flexibility index (Phi) is 5.60. The lowest BCUT2D eigenvalue weighted by atomic mass is 10.2. The average Bonchev–Trinajstić information content (AvgIpc) is 3.36. The summed E-state index contributed by atoms with van der Waals surface area (Å²) in [5.74, 6) is 0.646. The van der Waals surface area contributed by atoms with Gasteiger partial charge in [-0.2, -0.15) is 0 Å². The van der Waals surface area contributed by atoms with Gasteiger partial charge in [-0.3, -0.25) is 0 Å². The molecule has 2 amide bonds. The van der Waals surface area contributed by atoms with Crippen LogP contribution in [0.4, 0.5) is 9.18 Å². The molecule has 150 valence electrons. The van der Waals surface area contributed by atoms with Crippen molar-refractivity contribution in [2.24, 2.45) is 0 Å². The van der Waals surface area contributed by atoms with Gasteiger partial charge in [-0.15, -0.1) is 0 Å². The molecular weight excluding hydrogens is 367 g/mol. The zero-order valence-electron chi connectivity index (χ0n) is 16.5. The topological polar surface area (TPSA) is 50.2 Å². The van der Waals surface area contributed by atoms with Crippen LogP contribution in [0, 0.1) is 12.7 Å². The minimum absolute atomic E-state index is 0.0556. The van der Waals surface area contributed by atoms with Crippen molar-refractivity contribution < 1.29 is 9.18 Å². The zero-order valence-corrected chi connectivity index (χ0v) is 16.5. The van der Waals surface area contributed by atoms with Gasteiger partial charge in [0, 0.05) is 31.5 Å². The number of aryl methyl sites for hydroxylation is 1. The number of hydrogen-bond acceptors (Lipinski definition) is 2. The monoisotopic (exact) mass is 392 g/mol. The Hall–Kier alpha value is -3.15. The van der Waals surface area contributed by atoms with E-state index < -0.39 is 0 Å². The first-order valence-corrected chi connectivity index (χ1v) is 9.96. The second kappa shape index (κ2) is 8.47. The maximum absolute atomic E-state index is 13.2. The van der Waals surface area contributed by atoms with Crippen LogP contribution in [0.15, 0.2) is 60.8 Å². The molecule has 1 fully saturated rings. The van der Waals surface area contributed by atoms with Crippen molar-refractivity contribution >= 4 is 6.03 Å². The molecule has 1 saturated heterocycles. The maximum Gasteiger partial charge on any atom is 0.318 e. The standard InChI is InChI=1S/C23H25FN4O/c1-17-14-25-22(28(17)16-19-9-11-20(24)12-10-19)21-8-5-13-27(21)23(29)26-15-18-6-3-2-4-7-18/h2-4,6-7,9-12,14,21H,5,8,13,15-16H2,1H3,(H,26,29). The molecule has 3 aromatic rings. The number of hydrogen-bond donors (Lipinski definition) is 1. The van der Waals surface area contributed by atoms with Crippen LogP contribution in [0.25, 0.3) is 0 Å². The summed E-state index contributed by atoms with van der Waals surface area (Å²) >= 11 is 0. The van der Waals surface area contributed by atoms with Crippen molar-refractivity contribution in [1.29, 1.82) is 0 Å². The third kappa shape index (κ3) is 4.31. The highest BCUT2D eigenvalue weighted by Crippen LogP contribution is 2.32. The summed E-state index contributed by atoms with van der Waals surface area (Å²) in [5.41, 5.74) is 3.11. The van der Waals surface area contributed by atoms with E-state index in [2.05, 4.69) is 14.9 Å². The van der Waals surface area contributed by atoms with Gasteiger partial charge in [0.25, 0.3) is 0 Å². The molecule has 29 heavy (non-hydrogen) atoms. The summed E-state index contributed by atoms with van der Waals surface area (Å²) in [4.78, 5) is 19.4. The second-order valence-electron chi connectivity index (χ2n) is 7.47. The third-order valence-electron chi connectivity index (χ3n) is 5.44. The van der Waals surface area contributed by atoms with Crippen LogP contribution in [-0.4, -0.2) is 27.0 Å². The van der Waals surface area contributed by atoms with Crippen molar-refractivity contribution in [1.82, 2.24) is 19.8 Å². The fourth-order valence-corrected chi connectivity index (χ4v) is 3.88. The molecule has 1 N–H and O–H groups in total. The van der Waals surface area contributed by atoms with Gasteiger partial charge in [0.05, 0.1) is 6.04 Å². The van der Waals surface area contributed by atoms with Gasteiger partial charge < -0.3 is 14.8 Å². The van der Waals surface area contributed by atoms with Crippen LogP contribution in [0.5, 0.6) is 0 Å². The van der Waals surface area contributed by atoms with Gasteiger partial charge in [0.15, 0.2) is 0 Å². The molecule has 0 saturated carbocycles. The van der Waals surface area contributed by atoms with Crippen LogP contribution in [0.1, 0.15) is 41.5 Å². The number of halogens is 1. The number of nitrogens with one attached hydrogen (secondary N) is 1. The lowest BCUT2D eigenvalue weighted by Crippen LogP contribution is -2.39. The van der Waals surface area contributed by atoms with Crippen LogP contribution in [0.2, 0.25) is 0 Å². The van der Waals surface area contributed by atoms with Gasteiger partial charge in [-0.25, -0.2) is 14.2 Å².